The zero-order chi connectivity index (χ0) is 106. The monoisotopic (exact) mass is 2020 g/mol. The van der Waals surface area contributed by atoms with E-state index in [1.807, 2.05) is 162 Å². The third-order valence-corrected chi connectivity index (χ3v) is 29.5. The fourth-order valence-electron chi connectivity index (χ4n) is 21.7. The lowest BCUT2D eigenvalue weighted by Gasteiger charge is -2.27. The van der Waals surface area contributed by atoms with Crippen molar-refractivity contribution in [2.75, 3.05) is 0 Å². The molecule has 10 heterocycles. The van der Waals surface area contributed by atoms with Crippen LogP contribution in [0.1, 0.15) is 90.3 Å². The van der Waals surface area contributed by atoms with Crippen molar-refractivity contribution in [1.82, 2.24) is 0 Å². The van der Waals surface area contributed by atoms with Gasteiger partial charge in [-0.25, -0.2) is 62.3 Å². The van der Waals surface area contributed by atoms with Crippen molar-refractivity contribution in [3.8, 4) is 56.3 Å². The quantitative estimate of drug-likeness (QED) is 0.112. The van der Waals surface area contributed by atoms with Crippen molar-refractivity contribution in [2.24, 2.45) is 46.1 Å². The van der Waals surface area contributed by atoms with E-state index >= 15 is 4.39 Å². The molecule has 0 bridgehead atoms. The Balaban J connectivity index is 0.000000110. The van der Waals surface area contributed by atoms with Gasteiger partial charge in [-0.15, -0.1) is 0 Å². The van der Waals surface area contributed by atoms with Crippen molar-refractivity contribution >= 4 is 164 Å². The third kappa shape index (κ3) is 17.4. The van der Waals surface area contributed by atoms with Crippen molar-refractivity contribution in [1.29, 1.82) is 0 Å². The van der Waals surface area contributed by atoms with Gasteiger partial charge in [0, 0.05) is 111 Å². The molecule has 0 radical (unpaired) electrons. The molecule has 0 spiro atoms. The van der Waals surface area contributed by atoms with Gasteiger partial charge >= 0.3 is 6.18 Å². The fraction of sp³-hybridized carbons (Fsp3) is 0.180. The minimum atomic E-state index is -4.32. The topological polar surface area (TPSA) is 85.1 Å². The van der Waals surface area contributed by atoms with Crippen LogP contribution < -0.4 is 22.8 Å². The number of nitrogens with zero attached hydrogens (tertiary/aromatic N) is 5. The molecule has 25 aromatic rings. The van der Waals surface area contributed by atoms with E-state index in [1.54, 1.807) is 37.3 Å². The van der Waals surface area contributed by atoms with Crippen molar-refractivity contribution in [3.63, 3.8) is 0 Å². The highest BCUT2D eigenvalue weighted by molar-refractivity contribution is 6.18. The van der Waals surface area contributed by atoms with Crippen LogP contribution in [0.5, 0.6) is 0 Å². The van der Waals surface area contributed by atoms with Crippen LogP contribution in [0, 0.1) is 119 Å². The van der Waals surface area contributed by atoms with Gasteiger partial charge in [-0.2, -0.15) is 13.2 Å². The first-order chi connectivity index (χ1) is 71.5. The Morgan fingerprint density at radius 2 is 0.553 bits per heavy atom. The Bertz CT molecular complexity index is 9970. The van der Waals surface area contributed by atoms with E-state index in [0.29, 0.717) is 82.3 Å². The van der Waals surface area contributed by atoms with Crippen LogP contribution in [0.4, 0.5) is 52.7 Å². The molecule has 0 aliphatic carbocycles. The van der Waals surface area contributed by atoms with Gasteiger partial charge in [-0.3, -0.25) is 0 Å². The van der Waals surface area contributed by atoms with E-state index in [9.17, 15) is 48.3 Å². The molecule has 750 valence electrons. The molecule has 25 rings (SSSR count). The highest BCUT2D eigenvalue weighted by atomic mass is 19.4. The molecule has 0 fully saturated rings. The van der Waals surface area contributed by atoms with Crippen LogP contribution >= 0.6 is 0 Å². The molecule has 0 atom stereocenters. The van der Waals surface area contributed by atoms with Gasteiger partial charge in [0.05, 0.1) is 81.7 Å². The summed E-state index contributed by atoms with van der Waals surface area (Å²) in [6, 6.07) is 73.5. The van der Waals surface area contributed by atoms with E-state index in [4.69, 9.17) is 22.1 Å². The molecule has 22 heteroatoms. The molecule has 10 nitrogen and oxygen atoms in total. The highest BCUT2D eigenvalue weighted by Gasteiger charge is 2.47. The van der Waals surface area contributed by atoms with E-state index in [1.165, 1.54) is 77.7 Å². The summed E-state index contributed by atoms with van der Waals surface area (Å²) in [5.41, 5.74) is 21.5. The average molecular weight is 2020 g/mol. The van der Waals surface area contributed by atoms with Gasteiger partial charge in [0.15, 0.2) is 36.6 Å². The van der Waals surface area contributed by atoms with E-state index in [-0.39, 0.29) is 45.6 Å². The van der Waals surface area contributed by atoms with Crippen molar-refractivity contribution in [2.45, 2.75) is 109 Å². The molecule has 0 saturated heterocycles. The Labute approximate surface area is 855 Å². The van der Waals surface area contributed by atoms with Crippen LogP contribution in [0.25, 0.3) is 220 Å². The minimum Gasteiger partial charge on any atom is -0.455 e. The van der Waals surface area contributed by atoms with Crippen molar-refractivity contribution < 1.29 is 97.6 Å². The number of benzene rings is 15. The number of rotatable bonds is 8. The summed E-state index contributed by atoms with van der Waals surface area (Å²) in [6.45, 7) is 25.0. The number of furan rings is 5. The Morgan fingerprint density at radius 3 is 0.967 bits per heavy atom. The largest absolute Gasteiger partial charge is 0.455 e. The number of pyridine rings is 5. The molecule has 150 heavy (non-hydrogen) atoms. The SMILES string of the molecule is Cc1c(C)c(F)c2c(oc3cc(F)ccc32)c1-c1c2ccccc2cc[n+]1C.Cc1cc2c(oc3cc(F)cc(F)c32)c(-c2c3ccccc3cc[n+]2C)c1C.Cc1cc2c(oc3cc(F)ccc32)c(-c2c3ccccc3cc[n+]2C)c1C.Cc1ccc2c(oc3cc(F)cc(F)c32)c1-c1c2ccc(CC(C)(C)C(F)(F)F)cc2cc[n+]1C.Cc1ccc2c(oc3cc(F)cc(F)c32)c1-c1c2ccc(CC(C)(C)C)cc2cc[n+]1C. The van der Waals surface area contributed by atoms with Gasteiger partial charge < -0.3 is 22.1 Å². The summed E-state index contributed by atoms with van der Waals surface area (Å²) in [4.78, 5) is 0. The average Bonchev–Trinajstić information content (AvgIpc) is 1.55. The summed E-state index contributed by atoms with van der Waals surface area (Å²) in [7, 11) is 9.86. The molecule has 0 aliphatic rings. The first-order valence-corrected chi connectivity index (χ1v) is 49.4. The second kappa shape index (κ2) is 37.7. The number of alkyl halides is 3. The Hall–Kier alpha value is -16.5. The molecule has 0 aliphatic heterocycles. The second-order valence-corrected chi connectivity index (χ2v) is 41.4. The second-order valence-electron chi connectivity index (χ2n) is 41.4. The number of hydrogen-bond donors (Lipinski definition) is 0. The predicted molar refractivity (Wildman–Crippen MR) is 573 cm³/mol. The van der Waals surface area contributed by atoms with Gasteiger partial charge in [0.25, 0.3) is 0 Å². The number of aromatic nitrogens is 5. The minimum absolute atomic E-state index is 0.115. The van der Waals surface area contributed by atoms with E-state index in [2.05, 4.69) is 154 Å². The van der Waals surface area contributed by atoms with Gasteiger partial charge in [0.2, 0.25) is 28.5 Å². The lowest BCUT2D eigenvalue weighted by molar-refractivity contribution is -0.659. The van der Waals surface area contributed by atoms with E-state index < -0.39 is 52.3 Å². The predicted octanol–water partition coefficient (Wildman–Crippen LogP) is 33.6. The smallest absolute Gasteiger partial charge is 0.394 e. The van der Waals surface area contributed by atoms with Crippen LogP contribution in [-0.4, -0.2) is 6.18 Å². The Morgan fingerprint density at radius 1 is 0.240 bits per heavy atom. The zero-order valence-corrected chi connectivity index (χ0v) is 85.8. The first-order valence-electron chi connectivity index (χ1n) is 49.4. The molecular formula is C128H104F12N5O5+5. The lowest BCUT2D eigenvalue weighted by atomic mass is 9.84. The molecular weight excluding hydrogens is 1920 g/mol. The summed E-state index contributed by atoms with van der Waals surface area (Å²) in [5.74, 6) is -4.93. The highest BCUT2D eigenvalue weighted by Crippen LogP contribution is 2.50. The lowest BCUT2D eigenvalue weighted by Crippen LogP contribution is -2.34. The molecule has 0 saturated carbocycles. The van der Waals surface area contributed by atoms with E-state index in [0.717, 1.165) is 174 Å². The van der Waals surface area contributed by atoms with Crippen molar-refractivity contribution in [3.05, 3.63) is 388 Å². The molecule has 0 N–H and O–H groups in total. The van der Waals surface area contributed by atoms with Crippen LogP contribution in [0.3, 0.4) is 0 Å². The number of fused-ring (bicyclic) bond motifs is 20. The number of hydrogen-bond acceptors (Lipinski definition) is 5. The molecule has 10 aromatic heterocycles. The normalized spacial score (nSPS) is 12.1. The number of aryl methyl sites for hydroxylation is 9. The summed E-state index contributed by atoms with van der Waals surface area (Å²) in [5, 5.41) is 16.2. The maximum absolute atomic E-state index is 15.3. The standard InChI is InChI=1S/C28H23F5NO.C28H26F2NO.2C24H18F2NO.C24H19FNO/c1-15-5-7-20-24-21(30)12-18(29)13-22(24)35-26(20)23(15)25-19-8-6-16(11-17(19)9-10-34(25)4)14-27(2,3)28(31,32)33;1-16-6-8-21-25-22(30)13-19(29)14-23(25)32-27(21)24(16)26-20-9-7-17(15-28(2,3)4)12-18(20)10-11-31(26)5;1-13-10-18-22-19(26)11-16(25)12-20(22)28-24(18)21(14(13)2)23-17-7-5-4-6-15(17)8-9-27(23)3;1-13-14(2)22(26)21-18-9-8-16(25)12-19(18)28-24(21)20(13)23-17-7-5-4-6-15(17)10-11-27(23)3;1-14-12-20-19-9-8-17(25)13-21(19)27-24(20)22(15(14)2)23-18-7-5-4-6-16(18)10-11-26(23)3/h5-13H,14H2,1-4H3;6-14H,15H2,1-5H3;2*4-12H,1-3H3;4-13H,1-3H3/q5*+1. The fourth-order valence-corrected chi connectivity index (χ4v) is 21.7. The summed E-state index contributed by atoms with van der Waals surface area (Å²) in [6.07, 6.45) is 6.47. The Kier molecular flexibility index (Phi) is 25.0. The molecule has 15 aromatic carbocycles. The first kappa shape index (κ1) is 99.5. The van der Waals surface area contributed by atoms with Crippen LogP contribution in [0.2, 0.25) is 0 Å². The number of halogens is 12. The zero-order valence-electron chi connectivity index (χ0n) is 85.8. The maximum Gasteiger partial charge on any atom is 0.394 e. The van der Waals surface area contributed by atoms with Crippen LogP contribution in [0.15, 0.2) is 302 Å². The summed E-state index contributed by atoms with van der Waals surface area (Å²) < 4.78 is 209. The molecule has 0 unspecified atom stereocenters. The van der Waals surface area contributed by atoms with Gasteiger partial charge in [-0.05, 0) is 223 Å². The molecule has 0 amide bonds. The van der Waals surface area contributed by atoms with Crippen LogP contribution in [-0.2, 0) is 48.1 Å². The van der Waals surface area contributed by atoms with Gasteiger partial charge in [-0.1, -0.05) is 138 Å². The van der Waals surface area contributed by atoms with Gasteiger partial charge in [0.1, 0.15) is 138 Å². The maximum atomic E-state index is 15.3. The summed E-state index contributed by atoms with van der Waals surface area (Å²) >= 11 is 0. The third-order valence-electron chi connectivity index (χ3n) is 29.5.